The number of alkyl halides is 3. The Kier molecular flexibility index (Phi) is 6.66. The van der Waals surface area contributed by atoms with E-state index in [0.29, 0.717) is 45.8 Å². The van der Waals surface area contributed by atoms with Crippen LogP contribution in [0.1, 0.15) is 29.9 Å². The molecule has 2 heterocycles. The Morgan fingerprint density at radius 1 is 1.10 bits per heavy atom. The second-order valence-corrected chi connectivity index (χ2v) is 7.49. The van der Waals surface area contributed by atoms with E-state index in [4.69, 9.17) is 9.47 Å². The van der Waals surface area contributed by atoms with Crippen molar-refractivity contribution >= 4 is 12.0 Å². The summed E-state index contributed by atoms with van der Waals surface area (Å²) in [5.41, 5.74) is 0.0248. The third kappa shape index (κ3) is 5.41. The third-order valence-electron chi connectivity index (χ3n) is 5.48. The first-order valence-electron chi connectivity index (χ1n) is 9.63. The van der Waals surface area contributed by atoms with Crippen LogP contribution in [0.15, 0.2) is 24.3 Å². The molecule has 2 aliphatic rings. The third-order valence-corrected chi connectivity index (χ3v) is 5.48. The first-order chi connectivity index (χ1) is 13.8. The molecule has 0 spiro atoms. The van der Waals surface area contributed by atoms with Crippen molar-refractivity contribution in [2.45, 2.75) is 24.9 Å². The number of rotatable bonds is 3. The average Bonchev–Trinajstić information content (AvgIpc) is 2.73. The van der Waals surface area contributed by atoms with Gasteiger partial charge >= 0.3 is 18.2 Å². The topological polar surface area (TPSA) is 59.1 Å². The van der Waals surface area contributed by atoms with Crippen molar-refractivity contribution < 1.29 is 32.2 Å². The molecule has 2 atom stereocenters. The van der Waals surface area contributed by atoms with Crippen molar-refractivity contribution in [3.8, 4) is 0 Å². The number of hydrogen-bond donors (Lipinski definition) is 0. The number of morpholine rings is 1. The zero-order valence-electron chi connectivity index (χ0n) is 16.3. The Labute approximate surface area is 167 Å². The minimum Gasteiger partial charge on any atom is -0.469 e. The predicted molar refractivity (Wildman–Crippen MR) is 98.3 cm³/mol. The fraction of sp³-hybridized carbons (Fsp3) is 0.600. The minimum atomic E-state index is -4.39. The SMILES string of the molecule is COC(=O)CC1CC(c2ccc(C(F)(F)F)cc2)CN(C(=O)N2CCOCC2)C1. The standard InChI is InChI=1S/C20H25F3N2O4/c1-28-18(26)11-14-10-16(15-2-4-17(5-3-15)20(21,22)23)13-25(12-14)19(27)24-6-8-29-9-7-24/h2-5,14,16H,6-13H2,1H3. The highest BCUT2D eigenvalue weighted by atomic mass is 19.4. The summed E-state index contributed by atoms with van der Waals surface area (Å²) in [7, 11) is 1.31. The first kappa shape index (κ1) is 21.4. The number of likely N-dealkylation sites (tertiary alicyclic amines) is 1. The number of esters is 1. The molecule has 3 rings (SSSR count). The highest BCUT2D eigenvalue weighted by Gasteiger charge is 2.35. The number of methoxy groups -OCH3 is 1. The molecule has 2 aliphatic heterocycles. The lowest BCUT2D eigenvalue weighted by atomic mass is 9.83. The van der Waals surface area contributed by atoms with E-state index in [1.165, 1.54) is 19.2 Å². The van der Waals surface area contributed by atoms with Gasteiger partial charge in [-0.1, -0.05) is 12.1 Å². The van der Waals surface area contributed by atoms with Crippen LogP contribution in [0.2, 0.25) is 0 Å². The molecule has 0 N–H and O–H groups in total. The molecule has 1 aromatic rings. The number of piperidine rings is 1. The molecule has 0 radical (unpaired) electrons. The number of halogens is 3. The van der Waals surface area contributed by atoms with Crippen molar-refractivity contribution in [1.82, 2.24) is 9.80 Å². The summed E-state index contributed by atoms with van der Waals surface area (Å²) in [5.74, 6) is -0.624. The van der Waals surface area contributed by atoms with E-state index in [1.807, 2.05) is 0 Å². The normalized spacial score (nSPS) is 23.0. The average molecular weight is 414 g/mol. The number of carbonyl (C=O) groups is 2. The smallest absolute Gasteiger partial charge is 0.416 e. The van der Waals surface area contributed by atoms with Gasteiger partial charge in [0.05, 0.1) is 32.3 Å². The van der Waals surface area contributed by atoms with Crippen LogP contribution >= 0.6 is 0 Å². The van der Waals surface area contributed by atoms with E-state index in [-0.39, 0.29) is 30.3 Å². The maximum absolute atomic E-state index is 12.9. The van der Waals surface area contributed by atoms with E-state index >= 15 is 0 Å². The van der Waals surface area contributed by atoms with Gasteiger partial charge in [0.2, 0.25) is 0 Å². The molecule has 160 valence electrons. The fourth-order valence-corrected chi connectivity index (χ4v) is 3.97. The van der Waals surface area contributed by atoms with Crippen LogP contribution in [-0.4, -0.2) is 68.3 Å². The Bertz CT molecular complexity index is 717. The van der Waals surface area contributed by atoms with Gasteiger partial charge in [-0.25, -0.2) is 4.79 Å². The second kappa shape index (κ2) is 9.02. The van der Waals surface area contributed by atoms with Gasteiger partial charge in [-0.2, -0.15) is 13.2 Å². The van der Waals surface area contributed by atoms with Crippen LogP contribution in [0.5, 0.6) is 0 Å². The molecule has 2 fully saturated rings. The van der Waals surface area contributed by atoms with Crippen LogP contribution in [0.25, 0.3) is 0 Å². The molecule has 0 aromatic heterocycles. The van der Waals surface area contributed by atoms with Gasteiger partial charge in [0.25, 0.3) is 0 Å². The fourth-order valence-electron chi connectivity index (χ4n) is 3.97. The maximum atomic E-state index is 12.9. The molecule has 0 aliphatic carbocycles. The van der Waals surface area contributed by atoms with Gasteiger partial charge in [0.1, 0.15) is 0 Å². The van der Waals surface area contributed by atoms with Crippen molar-refractivity contribution in [3.05, 3.63) is 35.4 Å². The summed E-state index contributed by atoms with van der Waals surface area (Å²) in [5, 5.41) is 0. The number of carbonyl (C=O) groups excluding carboxylic acids is 2. The highest BCUT2D eigenvalue weighted by Crippen LogP contribution is 2.35. The molecular weight excluding hydrogens is 389 g/mol. The zero-order valence-corrected chi connectivity index (χ0v) is 16.3. The monoisotopic (exact) mass is 414 g/mol. The molecule has 2 amide bonds. The Morgan fingerprint density at radius 3 is 2.34 bits per heavy atom. The van der Waals surface area contributed by atoms with E-state index in [2.05, 4.69) is 0 Å². The second-order valence-electron chi connectivity index (χ2n) is 7.49. The van der Waals surface area contributed by atoms with Gasteiger partial charge in [0.15, 0.2) is 0 Å². The van der Waals surface area contributed by atoms with Gasteiger partial charge < -0.3 is 19.3 Å². The number of benzene rings is 1. The molecule has 1 aromatic carbocycles. The van der Waals surface area contributed by atoms with E-state index in [1.54, 1.807) is 9.80 Å². The molecule has 9 heteroatoms. The minimum absolute atomic E-state index is 0.117. The van der Waals surface area contributed by atoms with Gasteiger partial charge in [0, 0.05) is 32.1 Å². The maximum Gasteiger partial charge on any atom is 0.416 e. The van der Waals surface area contributed by atoms with Crippen molar-refractivity contribution in [2.24, 2.45) is 5.92 Å². The summed E-state index contributed by atoms with van der Waals surface area (Å²) in [6.45, 7) is 2.78. The first-order valence-corrected chi connectivity index (χ1v) is 9.63. The van der Waals surface area contributed by atoms with Gasteiger partial charge in [-0.05, 0) is 30.0 Å². The molecule has 2 unspecified atom stereocenters. The van der Waals surface area contributed by atoms with Crippen molar-refractivity contribution in [1.29, 1.82) is 0 Å². The number of nitrogens with zero attached hydrogens (tertiary/aromatic N) is 2. The largest absolute Gasteiger partial charge is 0.469 e. The molecule has 2 saturated heterocycles. The van der Waals surface area contributed by atoms with Gasteiger partial charge in [-0.3, -0.25) is 4.79 Å². The number of hydrogen-bond acceptors (Lipinski definition) is 4. The van der Waals surface area contributed by atoms with E-state index < -0.39 is 11.7 Å². The number of urea groups is 1. The van der Waals surface area contributed by atoms with E-state index in [9.17, 15) is 22.8 Å². The lowest BCUT2D eigenvalue weighted by molar-refractivity contribution is -0.142. The Balaban J connectivity index is 1.77. The van der Waals surface area contributed by atoms with Crippen LogP contribution in [-0.2, 0) is 20.4 Å². The summed E-state index contributed by atoms with van der Waals surface area (Å²) in [6.07, 6.45) is -3.62. The predicted octanol–water partition coefficient (Wildman–Crippen LogP) is 3.13. The molecule has 6 nitrogen and oxygen atoms in total. The Hall–Kier alpha value is -2.29. The summed E-state index contributed by atoms with van der Waals surface area (Å²) in [6, 6.07) is 4.93. The zero-order chi connectivity index (χ0) is 21.0. The molecule has 0 saturated carbocycles. The van der Waals surface area contributed by atoms with Crippen molar-refractivity contribution in [3.63, 3.8) is 0 Å². The van der Waals surface area contributed by atoms with Crippen LogP contribution < -0.4 is 0 Å². The molecule has 29 heavy (non-hydrogen) atoms. The highest BCUT2D eigenvalue weighted by molar-refractivity contribution is 5.75. The molecular formula is C20H25F3N2O4. The molecule has 0 bridgehead atoms. The quantitative estimate of drug-likeness (QED) is 0.714. The lowest BCUT2D eigenvalue weighted by Crippen LogP contribution is -2.52. The van der Waals surface area contributed by atoms with E-state index in [0.717, 1.165) is 17.7 Å². The van der Waals surface area contributed by atoms with Crippen LogP contribution in [0.4, 0.5) is 18.0 Å². The Morgan fingerprint density at radius 2 is 1.76 bits per heavy atom. The summed E-state index contributed by atoms with van der Waals surface area (Å²) in [4.78, 5) is 28.1. The lowest BCUT2D eigenvalue weighted by Gasteiger charge is -2.41. The van der Waals surface area contributed by atoms with Crippen LogP contribution in [0.3, 0.4) is 0 Å². The number of amides is 2. The van der Waals surface area contributed by atoms with Crippen LogP contribution in [0, 0.1) is 5.92 Å². The number of ether oxygens (including phenoxy) is 2. The van der Waals surface area contributed by atoms with Crippen molar-refractivity contribution in [2.75, 3.05) is 46.5 Å². The summed E-state index contributed by atoms with van der Waals surface area (Å²) < 4.78 is 48.6. The van der Waals surface area contributed by atoms with Gasteiger partial charge in [-0.15, -0.1) is 0 Å². The summed E-state index contributed by atoms with van der Waals surface area (Å²) >= 11 is 0.